The molecule has 0 saturated heterocycles. The Morgan fingerprint density at radius 2 is 1.92 bits per heavy atom. The maximum Gasteiger partial charge on any atom is 0.246 e. The fraction of sp³-hybridized carbons (Fsp3) is 0.190. The number of likely N-dealkylation sites (N-methyl/N-ethyl adjacent to an activating group) is 1. The molecule has 4 rings (SSSR count). The summed E-state index contributed by atoms with van der Waals surface area (Å²) in [6, 6.07) is 15.2. The second-order valence-electron chi connectivity index (χ2n) is 6.26. The molecule has 0 saturated carbocycles. The molecule has 1 atom stereocenters. The molecule has 2 heterocycles. The Bertz CT molecular complexity index is 956. The standard InChI is InChI=1S/C21H19NO4/c1-14(19-12-16-5-3-4-6-17(16)26-19)22(2)21(23)10-8-15-7-9-18-20(11-15)25-13-24-18/h3-12,14H,13H2,1-2H3/b10-8+. The number of carbonyl (C=O) groups excluding carboxylic acids is 1. The number of hydrogen-bond acceptors (Lipinski definition) is 4. The van der Waals surface area contributed by atoms with Crippen molar-refractivity contribution >= 4 is 23.0 Å². The van der Waals surface area contributed by atoms with Crippen molar-refractivity contribution in [3.05, 3.63) is 65.9 Å². The minimum Gasteiger partial charge on any atom is -0.459 e. The maximum absolute atomic E-state index is 12.5. The lowest BCUT2D eigenvalue weighted by Gasteiger charge is -2.21. The molecule has 0 fully saturated rings. The first-order chi connectivity index (χ1) is 12.6. The summed E-state index contributed by atoms with van der Waals surface area (Å²) in [7, 11) is 1.77. The third kappa shape index (κ3) is 3.04. The van der Waals surface area contributed by atoms with E-state index in [1.165, 1.54) is 0 Å². The molecular formula is C21H19NO4. The Labute approximate surface area is 151 Å². The number of rotatable bonds is 4. The largest absolute Gasteiger partial charge is 0.459 e. The highest BCUT2D eigenvalue weighted by molar-refractivity contribution is 5.92. The van der Waals surface area contributed by atoms with Crippen LogP contribution in [0.1, 0.15) is 24.3 Å². The molecule has 1 amide bonds. The van der Waals surface area contributed by atoms with Crippen LogP contribution >= 0.6 is 0 Å². The second-order valence-corrected chi connectivity index (χ2v) is 6.26. The van der Waals surface area contributed by atoms with Crippen molar-refractivity contribution in [2.75, 3.05) is 13.8 Å². The van der Waals surface area contributed by atoms with Crippen LogP contribution < -0.4 is 9.47 Å². The van der Waals surface area contributed by atoms with E-state index in [0.717, 1.165) is 28.0 Å². The topological polar surface area (TPSA) is 51.9 Å². The molecule has 3 aromatic rings. The monoisotopic (exact) mass is 349 g/mol. The van der Waals surface area contributed by atoms with Crippen LogP contribution in [0.4, 0.5) is 0 Å². The third-order valence-corrected chi connectivity index (χ3v) is 4.60. The van der Waals surface area contributed by atoms with Crippen molar-refractivity contribution in [1.29, 1.82) is 0 Å². The Hall–Kier alpha value is -3.21. The number of fused-ring (bicyclic) bond motifs is 2. The van der Waals surface area contributed by atoms with Gasteiger partial charge < -0.3 is 18.8 Å². The van der Waals surface area contributed by atoms with Crippen LogP contribution in [0.15, 0.2) is 59.0 Å². The zero-order valence-electron chi connectivity index (χ0n) is 14.6. The van der Waals surface area contributed by atoms with Crippen molar-refractivity contribution in [3.8, 4) is 11.5 Å². The Morgan fingerprint density at radius 1 is 1.12 bits per heavy atom. The molecule has 5 heteroatoms. The Morgan fingerprint density at radius 3 is 2.77 bits per heavy atom. The predicted molar refractivity (Wildman–Crippen MR) is 99.0 cm³/mol. The van der Waals surface area contributed by atoms with E-state index in [4.69, 9.17) is 13.9 Å². The van der Waals surface area contributed by atoms with Gasteiger partial charge >= 0.3 is 0 Å². The molecule has 2 aromatic carbocycles. The number of carbonyl (C=O) groups is 1. The molecule has 0 spiro atoms. The van der Waals surface area contributed by atoms with Crippen LogP contribution in [0.2, 0.25) is 0 Å². The van der Waals surface area contributed by atoms with Gasteiger partial charge in [0.2, 0.25) is 12.7 Å². The lowest BCUT2D eigenvalue weighted by atomic mass is 10.1. The zero-order valence-corrected chi connectivity index (χ0v) is 14.6. The van der Waals surface area contributed by atoms with Crippen LogP contribution in [0, 0.1) is 0 Å². The number of nitrogens with zero attached hydrogens (tertiary/aromatic N) is 1. The quantitative estimate of drug-likeness (QED) is 0.655. The van der Waals surface area contributed by atoms with Crippen LogP contribution in [0.25, 0.3) is 17.0 Å². The molecule has 132 valence electrons. The highest BCUT2D eigenvalue weighted by Gasteiger charge is 2.19. The maximum atomic E-state index is 12.5. The van der Waals surface area contributed by atoms with Gasteiger partial charge in [0.1, 0.15) is 11.3 Å². The van der Waals surface area contributed by atoms with Crippen molar-refractivity contribution < 1.29 is 18.7 Å². The van der Waals surface area contributed by atoms with Crippen LogP contribution in [0.5, 0.6) is 11.5 Å². The van der Waals surface area contributed by atoms with Gasteiger partial charge in [-0.1, -0.05) is 24.3 Å². The van der Waals surface area contributed by atoms with Crippen molar-refractivity contribution in [3.63, 3.8) is 0 Å². The van der Waals surface area contributed by atoms with Gasteiger partial charge in [-0.15, -0.1) is 0 Å². The van der Waals surface area contributed by atoms with Crippen molar-refractivity contribution in [2.45, 2.75) is 13.0 Å². The minimum atomic E-state index is -0.170. The van der Waals surface area contributed by atoms with Crippen molar-refractivity contribution in [2.24, 2.45) is 0 Å². The van der Waals surface area contributed by atoms with E-state index in [0.29, 0.717) is 5.75 Å². The molecule has 1 unspecified atom stereocenters. The van der Waals surface area contributed by atoms with Gasteiger partial charge in [-0.05, 0) is 42.8 Å². The number of furan rings is 1. The van der Waals surface area contributed by atoms with Gasteiger partial charge in [0.05, 0.1) is 6.04 Å². The van der Waals surface area contributed by atoms with Gasteiger partial charge in [-0.2, -0.15) is 0 Å². The third-order valence-electron chi connectivity index (χ3n) is 4.60. The summed E-state index contributed by atoms with van der Waals surface area (Å²) in [5.74, 6) is 2.09. The molecule has 0 N–H and O–H groups in total. The summed E-state index contributed by atoms with van der Waals surface area (Å²) in [5, 5.41) is 1.03. The molecule has 26 heavy (non-hydrogen) atoms. The minimum absolute atomic E-state index is 0.101. The number of para-hydroxylation sites is 1. The van der Waals surface area contributed by atoms with Crippen LogP contribution in [-0.2, 0) is 4.79 Å². The highest BCUT2D eigenvalue weighted by Crippen LogP contribution is 2.33. The molecule has 1 aromatic heterocycles. The summed E-state index contributed by atoms with van der Waals surface area (Å²) in [4.78, 5) is 14.2. The Balaban J connectivity index is 1.48. The first-order valence-electron chi connectivity index (χ1n) is 8.45. The van der Waals surface area contributed by atoms with Gasteiger partial charge in [0.25, 0.3) is 0 Å². The van der Waals surface area contributed by atoms with E-state index in [-0.39, 0.29) is 18.7 Å². The van der Waals surface area contributed by atoms with E-state index in [2.05, 4.69) is 0 Å². The van der Waals surface area contributed by atoms with E-state index in [9.17, 15) is 4.79 Å². The summed E-state index contributed by atoms with van der Waals surface area (Å²) in [6.07, 6.45) is 3.32. The molecule has 0 aliphatic carbocycles. The summed E-state index contributed by atoms with van der Waals surface area (Å²) < 4.78 is 16.5. The van der Waals surface area contributed by atoms with Gasteiger partial charge in [-0.25, -0.2) is 0 Å². The van der Waals surface area contributed by atoms with Crippen LogP contribution in [-0.4, -0.2) is 24.6 Å². The fourth-order valence-electron chi connectivity index (χ4n) is 2.89. The summed E-state index contributed by atoms with van der Waals surface area (Å²) in [6.45, 7) is 2.18. The number of ether oxygens (including phenoxy) is 2. The first-order valence-corrected chi connectivity index (χ1v) is 8.45. The summed E-state index contributed by atoms with van der Waals surface area (Å²) in [5.41, 5.74) is 1.71. The molecule has 0 radical (unpaired) electrons. The van der Waals surface area contributed by atoms with Gasteiger partial charge in [-0.3, -0.25) is 4.79 Å². The van der Waals surface area contributed by atoms with Gasteiger partial charge in [0, 0.05) is 18.5 Å². The van der Waals surface area contributed by atoms with E-state index in [1.807, 2.05) is 55.5 Å². The molecule has 1 aliphatic rings. The zero-order chi connectivity index (χ0) is 18.1. The highest BCUT2D eigenvalue weighted by atomic mass is 16.7. The van der Waals surface area contributed by atoms with E-state index < -0.39 is 0 Å². The van der Waals surface area contributed by atoms with Gasteiger partial charge in [0.15, 0.2) is 11.5 Å². The van der Waals surface area contributed by atoms with E-state index >= 15 is 0 Å². The SMILES string of the molecule is CC(c1cc2ccccc2o1)N(C)C(=O)/C=C/c1ccc2c(c1)OCO2. The molecular weight excluding hydrogens is 330 g/mol. The molecule has 0 bridgehead atoms. The molecule has 1 aliphatic heterocycles. The normalized spacial score (nSPS) is 14.1. The van der Waals surface area contributed by atoms with E-state index in [1.54, 1.807) is 24.1 Å². The lowest BCUT2D eigenvalue weighted by Crippen LogP contribution is -2.27. The average Bonchev–Trinajstić information content (AvgIpc) is 3.30. The second kappa shape index (κ2) is 6.59. The number of hydrogen-bond donors (Lipinski definition) is 0. The number of amides is 1. The first kappa shape index (κ1) is 16.3. The average molecular weight is 349 g/mol. The Kier molecular flexibility index (Phi) is 4.13. The fourth-order valence-corrected chi connectivity index (χ4v) is 2.89. The van der Waals surface area contributed by atoms with Crippen molar-refractivity contribution in [1.82, 2.24) is 4.90 Å². The number of benzene rings is 2. The predicted octanol–water partition coefficient (Wildman–Crippen LogP) is 4.39. The molecule has 5 nitrogen and oxygen atoms in total. The van der Waals surface area contributed by atoms with Crippen LogP contribution in [0.3, 0.4) is 0 Å². The summed E-state index contributed by atoms with van der Waals surface area (Å²) >= 11 is 0. The lowest BCUT2D eigenvalue weighted by molar-refractivity contribution is -0.126. The smallest absolute Gasteiger partial charge is 0.246 e.